The Morgan fingerprint density at radius 1 is 1.37 bits per heavy atom. The number of Topliss-reactive ketones (excluding diaryl/α,β-unsaturated/α-hetero) is 1. The highest BCUT2D eigenvalue weighted by atomic mass is 19.1. The zero-order valence-corrected chi connectivity index (χ0v) is 15.9. The smallest absolute Gasteiger partial charge is 0.257 e. The fourth-order valence-corrected chi connectivity index (χ4v) is 3.71. The number of rotatable bonds is 3. The molecule has 8 nitrogen and oxygen atoms in total. The molecule has 1 aromatic carbocycles. The average molecular weight is 420 g/mol. The van der Waals surface area contributed by atoms with Crippen molar-refractivity contribution in [1.29, 1.82) is 0 Å². The number of carbonyl (C=O) groups is 2. The van der Waals surface area contributed by atoms with Crippen LogP contribution in [0.1, 0.15) is 33.3 Å². The molecule has 1 amide bonds. The van der Waals surface area contributed by atoms with Crippen molar-refractivity contribution < 1.29 is 33.0 Å². The summed E-state index contributed by atoms with van der Waals surface area (Å²) in [6.45, 7) is 1.54. The Hall–Kier alpha value is -3.11. The Kier molecular flexibility index (Phi) is 4.91. The van der Waals surface area contributed by atoms with Crippen LogP contribution in [-0.4, -0.2) is 40.9 Å². The number of amides is 1. The van der Waals surface area contributed by atoms with E-state index in [4.69, 9.17) is 9.47 Å². The first-order valence-electron chi connectivity index (χ1n) is 9.15. The second-order valence-electron chi connectivity index (χ2n) is 7.51. The Morgan fingerprint density at radius 2 is 2.13 bits per heavy atom. The molecule has 1 fully saturated rings. The summed E-state index contributed by atoms with van der Waals surface area (Å²) < 4.78 is 38.8. The summed E-state index contributed by atoms with van der Waals surface area (Å²) in [4.78, 5) is 38.0. The number of aromatic nitrogens is 1. The fraction of sp³-hybridized carbons (Fsp3) is 0.350. The Morgan fingerprint density at radius 3 is 2.87 bits per heavy atom. The molecule has 4 rings (SSSR count). The van der Waals surface area contributed by atoms with E-state index < -0.39 is 51.6 Å². The van der Waals surface area contributed by atoms with Crippen molar-refractivity contribution in [2.75, 3.05) is 13.4 Å². The molecule has 158 valence electrons. The Labute approximate surface area is 169 Å². The highest BCUT2D eigenvalue weighted by Crippen LogP contribution is 2.38. The molecule has 1 saturated heterocycles. The average Bonchev–Trinajstić information content (AvgIpc) is 2.70. The number of nitrogens with zero attached hydrogens (tertiary/aromatic N) is 1. The minimum atomic E-state index is -1.06. The van der Waals surface area contributed by atoms with Gasteiger partial charge in [-0.2, -0.15) is 0 Å². The van der Waals surface area contributed by atoms with Gasteiger partial charge in [-0.3, -0.25) is 14.4 Å². The largest absolute Gasteiger partial charge is 0.503 e. The lowest BCUT2D eigenvalue weighted by atomic mass is 9.76. The quantitative estimate of drug-likeness (QED) is 0.776. The van der Waals surface area contributed by atoms with Crippen molar-refractivity contribution in [2.45, 2.75) is 26.1 Å². The van der Waals surface area contributed by atoms with Crippen molar-refractivity contribution in [2.24, 2.45) is 5.41 Å². The van der Waals surface area contributed by atoms with Crippen LogP contribution < -0.4 is 10.7 Å². The van der Waals surface area contributed by atoms with Gasteiger partial charge in [-0.1, -0.05) is 6.07 Å². The molecule has 2 atom stereocenters. The van der Waals surface area contributed by atoms with Crippen LogP contribution in [0, 0.1) is 17.0 Å². The molecule has 2 aliphatic rings. The summed E-state index contributed by atoms with van der Waals surface area (Å²) in [5.41, 5.74) is -2.69. The van der Waals surface area contributed by atoms with Crippen LogP contribution in [0.2, 0.25) is 0 Å². The molecule has 2 aliphatic heterocycles. The third-order valence-electron chi connectivity index (χ3n) is 5.52. The lowest BCUT2D eigenvalue weighted by molar-refractivity contribution is -0.195. The lowest BCUT2D eigenvalue weighted by Crippen LogP contribution is -2.55. The highest BCUT2D eigenvalue weighted by Gasteiger charge is 2.50. The number of hydrogen-bond acceptors (Lipinski definition) is 6. The van der Waals surface area contributed by atoms with E-state index in [2.05, 4.69) is 5.32 Å². The van der Waals surface area contributed by atoms with Crippen molar-refractivity contribution in [1.82, 2.24) is 9.88 Å². The second kappa shape index (κ2) is 7.29. The monoisotopic (exact) mass is 420 g/mol. The van der Waals surface area contributed by atoms with E-state index in [1.807, 2.05) is 0 Å². The maximum atomic E-state index is 13.7. The molecular weight excluding hydrogens is 402 g/mol. The summed E-state index contributed by atoms with van der Waals surface area (Å²) in [6, 6.07) is 2.89. The zero-order valence-electron chi connectivity index (χ0n) is 15.9. The number of carbonyl (C=O) groups excluding carboxylic acids is 2. The molecule has 0 bridgehead atoms. The molecule has 1 aromatic heterocycles. The van der Waals surface area contributed by atoms with E-state index in [-0.39, 0.29) is 37.7 Å². The highest BCUT2D eigenvalue weighted by molar-refractivity contribution is 6.03. The molecule has 2 N–H and O–H groups in total. The van der Waals surface area contributed by atoms with E-state index >= 15 is 0 Å². The van der Waals surface area contributed by atoms with Gasteiger partial charge in [-0.15, -0.1) is 0 Å². The molecule has 0 saturated carbocycles. The summed E-state index contributed by atoms with van der Waals surface area (Å²) in [7, 11) is 0. The Balaban J connectivity index is 1.64. The van der Waals surface area contributed by atoms with Gasteiger partial charge in [0.2, 0.25) is 5.43 Å². The van der Waals surface area contributed by atoms with Gasteiger partial charge in [0.05, 0.1) is 24.7 Å². The third kappa shape index (κ3) is 3.17. The first-order chi connectivity index (χ1) is 14.2. The van der Waals surface area contributed by atoms with Crippen molar-refractivity contribution in [3.05, 3.63) is 63.1 Å². The van der Waals surface area contributed by atoms with Crippen molar-refractivity contribution in [3.8, 4) is 5.75 Å². The van der Waals surface area contributed by atoms with Crippen LogP contribution in [0.3, 0.4) is 0 Å². The number of fused-ring (bicyclic) bond motifs is 2. The standard InChI is InChI=1S/C20H18F2N2O6/c1-20-8-29-9-30-14(20)7-24-6-12(16(25)17(26)15(24)18(20)27)19(28)23-5-10-2-3-11(21)4-13(10)22/h2-4,6,14,26H,5,7-9H2,1H3,(H,23,28)/t14-,20+/m0/s1. The van der Waals surface area contributed by atoms with Gasteiger partial charge in [0.1, 0.15) is 29.7 Å². The maximum Gasteiger partial charge on any atom is 0.257 e. The van der Waals surface area contributed by atoms with Crippen molar-refractivity contribution >= 4 is 11.7 Å². The molecule has 0 spiro atoms. The molecule has 0 radical (unpaired) electrons. The zero-order chi connectivity index (χ0) is 21.6. The van der Waals surface area contributed by atoms with E-state index in [9.17, 15) is 28.3 Å². The number of nitrogens with one attached hydrogen (secondary N) is 1. The van der Waals surface area contributed by atoms with Crippen LogP contribution >= 0.6 is 0 Å². The minimum Gasteiger partial charge on any atom is -0.503 e. The SMILES string of the molecule is C[C@@]12COCO[C@H]1Cn1cc(C(=O)NCc3ccc(F)cc3F)c(=O)c(O)c1C2=O. The summed E-state index contributed by atoms with van der Waals surface area (Å²) >= 11 is 0. The molecule has 0 aliphatic carbocycles. The second-order valence-corrected chi connectivity index (χ2v) is 7.51. The first-order valence-corrected chi connectivity index (χ1v) is 9.15. The van der Waals surface area contributed by atoms with E-state index in [1.165, 1.54) is 16.8 Å². The number of benzene rings is 1. The number of hydrogen-bond donors (Lipinski definition) is 2. The summed E-state index contributed by atoms with van der Waals surface area (Å²) in [5.74, 6) is -3.84. The normalized spacial score (nSPS) is 22.9. The predicted octanol–water partition coefficient (Wildman–Crippen LogP) is 1.34. The number of halogens is 2. The van der Waals surface area contributed by atoms with Gasteiger partial charge in [-0.25, -0.2) is 8.78 Å². The number of ketones is 1. The van der Waals surface area contributed by atoms with Crippen LogP contribution in [0.5, 0.6) is 5.75 Å². The maximum absolute atomic E-state index is 13.7. The van der Waals surface area contributed by atoms with Crippen LogP contribution in [-0.2, 0) is 22.6 Å². The molecular formula is C20H18F2N2O6. The number of ether oxygens (including phenoxy) is 2. The van der Waals surface area contributed by atoms with Crippen LogP contribution in [0.4, 0.5) is 8.78 Å². The van der Waals surface area contributed by atoms with Crippen molar-refractivity contribution in [3.63, 3.8) is 0 Å². The fourth-order valence-electron chi connectivity index (χ4n) is 3.71. The van der Waals surface area contributed by atoms with Gasteiger partial charge in [0, 0.05) is 24.4 Å². The summed E-state index contributed by atoms with van der Waals surface area (Å²) in [5, 5.41) is 12.8. The lowest BCUT2D eigenvalue weighted by Gasteiger charge is -2.43. The van der Waals surface area contributed by atoms with E-state index in [1.54, 1.807) is 6.92 Å². The van der Waals surface area contributed by atoms with Crippen LogP contribution in [0.25, 0.3) is 0 Å². The summed E-state index contributed by atoms with van der Waals surface area (Å²) in [6.07, 6.45) is 0.613. The van der Waals surface area contributed by atoms with Gasteiger partial charge >= 0.3 is 0 Å². The minimum absolute atomic E-state index is 0.00558. The molecule has 30 heavy (non-hydrogen) atoms. The van der Waals surface area contributed by atoms with Crippen LogP contribution in [0.15, 0.2) is 29.2 Å². The molecule has 10 heteroatoms. The van der Waals surface area contributed by atoms with Gasteiger partial charge in [0.15, 0.2) is 11.5 Å². The molecule has 0 unspecified atom stereocenters. The van der Waals surface area contributed by atoms with E-state index in [0.29, 0.717) is 6.07 Å². The molecule has 2 aromatic rings. The van der Waals surface area contributed by atoms with E-state index in [0.717, 1.165) is 6.07 Å². The first kappa shape index (κ1) is 20.2. The molecule has 3 heterocycles. The van der Waals surface area contributed by atoms with Gasteiger partial charge < -0.3 is 24.5 Å². The van der Waals surface area contributed by atoms with Gasteiger partial charge in [-0.05, 0) is 13.0 Å². The third-order valence-corrected chi connectivity index (χ3v) is 5.52. The van der Waals surface area contributed by atoms with Gasteiger partial charge in [0.25, 0.3) is 5.91 Å². The topological polar surface area (TPSA) is 107 Å². The Bertz CT molecular complexity index is 1120. The number of aromatic hydroxyl groups is 1. The predicted molar refractivity (Wildman–Crippen MR) is 98.0 cm³/mol. The number of pyridine rings is 1.